The Morgan fingerprint density at radius 3 is 2.24 bits per heavy atom. The van der Waals surface area contributed by atoms with Crippen molar-refractivity contribution in [3.63, 3.8) is 0 Å². The van der Waals surface area contributed by atoms with Crippen molar-refractivity contribution in [2.75, 3.05) is 0 Å². The summed E-state index contributed by atoms with van der Waals surface area (Å²) < 4.78 is 39.1. The highest BCUT2D eigenvalue weighted by molar-refractivity contribution is 5.82. The van der Waals surface area contributed by atoms with Crippen molar-refractivity contribution < 1.29 is 18.4 Å². The first-order chi connectivity index (χ1) is 7.81. The maximum absolute atomic E-state index is 13.0. The van der Waals surface area contributed by atoms with Gasteiger partial charge in [0.15, 0.2) is 0 Å². The Labute approximate surface area is 96.7 Å². The number of hydrogen-bond donors (Lipinski definition) is 2. The zero-order valence-corrected chi connectivity index (χ0v) is 9.20. The van der Waals surface area contributed by atoms with E-state index in [-0.39, 0.29) is 11.3 Å². The average molecular weight is 246 g/mol. The maximum Gasteiger partial charge on any atom is 0.410 e. The van der Waals surface area contributed by atoms with E-state index in [2.05, 4.69) is 5.16 Å². The van der Waals surface area contributed by atoms with Crippen LogP contribution in [0.25, 0.3) is 0 Å². The summed E-state index contributed by atoms with van der Waals surface area (Å²) >= 11 is 0. The molecule has 0 aliphatic carbocycles. The molecule has 1 aromatic carbocycles. The van der Waals surface area contributed by atoms with Crippen LogP contribution in [-0.2, 0) is 5.54 Å². The van der Waals surface area contributed by atoms with Gasteiger partial charge in [0.05, 0.1) is 5.71 Å². The first-order valence-electron chi connectivity index (χ1n) is 4.90. The summed E-state index contributed by atoms with van der Waals surface area (Å²) in [6.07, 6.45) is -5.21. The second-order valence-corrected chi connectivity index (χ2v) is 3.85. The lowest BCUT2D eigenvalue weighted by atomic mass is 9.85. The molecule has 0 heterocycles. The van der Waals surface area contributed by atoms with E-state index in [1.54, 1.807) is 6.07 Å². The van der Waals surface area contributed by atoms with Crippen LogP contribution >= 0.6 is 0 Å². The molecule has 0 saturated heterocycles. The molecule has 0 saturated carbocycles. The quantitative estimate of drug-likeness (QED) is 0.489. The molecule has 0 fully saturated rings. The van der Waals surface area contributed by atoms with Crippen LogP contribution in [0.15, 0.2) is 35.5 Å². The molecule has 17 heavy (non-hydrogen) atoms. The van der Waals surface area contributed by atoms with Gasteiger partial charge in [-0.2, -0.15) is 13.2 Å². The second kappa shape index (κ2) is 4.75. The molecule has 0 bridgehead atoms. The zero-order valence-electron chi connectivity index (χ0n) is 9.20. The van der Waals surface area contributed by atoms with Crippen molar-refractivity contribution in [2.24, 2.45) is 10.9 Å². The number of alkyl halides is 3. The first kappa shape index (κ1) is 13.5. The molecule has 0 aliphatic heterocycles. The SMILES string of the molecule is C/C(C[C@](N)(c1ccccc1)C(F)(F)F)=N\O. The van der Waals surface area contributed by atoms with Gasteiger partial charge in [0.25, 0.3) is 0 Å². The number of oxime groups is 1. The average Bonchev–Trinajstić information content (AvgIpc) is 2.28. The molecular formula is C11H13F3N2O. The number of nitrogens with two attached hydrogens (primary N) is 1. The molecule has 6 heteroatoms. The van der Waals surface area contributed by atoms with E-state index < -0.39 is 18.1 Å². The highest BCUT2D eigenvalue weighted by atomic mass is 19.4. The van der Waals surface area contributed by atoms with Crippen molar-refractivity contribution in [3.8, 4) is 0 Å². The fourth-order valence-electron chi connectivity index (χ4n) is 1.54. The van der Waals surface area contributed by atoms with Gasteiger partial charge in [0.2, 0.25) is 0 Å². The van der Waals surface area contributed by atoms with Gasteiger partial charge < -0.3 is 10.9 Å². The summed E-state index contributed by atoms with van der Waals surface area (Å²) in [4.78, 5) is 0. The molecule has 0 aliphatic rings. The van der Waals surface area contributed by atoms with Gasteiger partial charge in [-0.25, -0.2) is 0 Å². The number of benzene rings is 1. The lowest BCUT2D eigenvalue weighted by Gasteiger charge is -2.32. The Kier molecular flexibility index (Phi) is 3.77. The minimum absolute atomic E-state index is 0.0597. The standard InChI is InChI=1S/C11H13F3N2O/c1-8(16-17)7-10(15,11(12,13)14)9-5-3-2-4-6-9/h2-6,17H,7,15H2,1H3/b16-8+/t10-/m0/s1. The van der Waals surface area contributed by atoms with E-state index in [1.165, 1.54) is 31.2 Å². The van der Waals surface area contributed by atoms with E-state index >= 15 is 0 Å². The fraction of sp³-hybridized carbons (Fsp3) is 0.364. The highest BCUT2D eigenvalue weighted by Crippen LogP contribution is 2.39. The van der Waals surface area contributed by atoms with Crippen molar-refractivity contribution in [2.45, 2.75) is 25.1 Å². The molecule has 0 unspecified atom stereocenters. The minimum Gasteiger partial charge on any atom is -0.411 e. The van der Waals surface area contributed by atoms with Gasteiger partial charge in [-0.15, -0.1) is 0 Å². The molecule has 3 nitrogen and oxygen atoms in total. The minimum atomic E-state index is -4.62. The fourth-order valence-corrected chi connectivity index (χ4v) is 1.54. The Morgan fingerprint density at radius 2 is 1.82 bits per heavy atom. The summed E-state index contributed by atoms with van der Waals surface area (Å²) in [6.45, 7) is 1.29. The van der Waals surface area contributed by atoms with Gasteiger partial charge in [-0.3, -0.25) is 0 Å². The van der Waals surface area contributed by atoms with Crippen molar-refractivity contribution >= 4 is 5.71 Å². The molecule has 0 aromatic heterocycles. The van der Waals surface area contributed by atoms with E-state index in [4.69, 9.17) is 10.9 Å². The van der Waals surface area contributed by atoms with Crippen molar-refractivity contribution in [3.05, 3.63) is 35.9 Å². The Balaban J connectivity index is 3.21. The lowest BCUT2D eigenvalue weighted by Crippen LogP contribution is -2.51. The normalized spacial score (nSPS) is 16.6. The Bertz CT molecular complexity index is 403. The molecule has 94 valence electrons. The summed E-state index contributed by atoms with van der Waals surface area (Å²) in [6, 6.07) is 7.17. The van der Waals surface area contributed by atoms with Gasteiger partial charge in [0, 0.05) is 6.42 Å². The third-order valence-electron chi connectivity index (χ3n) is 2.50. The predicted octanol–water partition coefficient (Wildman–Crippen LogP) is 2.64. The molecular weight excluding hydrogens is 233 g/mol. The van der Waals surface area contributed by atoms with Crippen LogP contribution in [0.2, 0.25) is 0 Å². The summed E-state index contributed by atoms with van der Waals surface area (Å²) in [5.41, 5.74) is 2.78. The zero-order chi connectivity index (χ0) is 13.1. The van der Waals surface area contributed by atoms with Gasteiger partial charge in [0.1, 0.15) is 5.54 Å². The third kappa shape index (κ3) is 2.76. The van der Waals surface area contributed by atoms with Crippen LogP contribution in [0.4, 0.5) is 13.2 Å². The summed E-state index contributed by atoms with van der Waals surface area (Å²) in [5, 5.41) is 11.2. The summed E-state index contributed by atoms with van der Waals surface area (Å²) in [7, 11) is 0. The number of hydrogen-bond acceptors (Lipinski definition) is 3. The van der Waals surface area contributed by atoms with Crippen LogP contribution in [0.5, 0.6) is 0 Å². The molecule has 0 amide bonds. The second-order valence-electron chi connectivity index (χ2n) is 3.85. The summed E-state index contributed by atoms with van der Waals surface area (Å²) in [5.74, 6) is 0. The van der Waals surface area contributed by atoms with E-state index in [0.717, 1.165) is 0 Å². The predicted molar refractivity (Wildman–Crippen MR) is 57.9 cm³/mol. The Hall–Kier alpha value is -1.56. The molecule has 3 N–H and O–H groups in total. The molecule has 1 atom stereocenters. The van der Waals surface area contributed by atoms with E-state index in [0.29, 0.717) is 0 Å². The smallest absolute Gasteiger partial charge is 0.410 e. The number of nitrogens with zero attached hydrogens (tertiary/aromatic N) is 1. The number of halogens is 3. The van der Waals surface area contributed by atoms with Gasteiger partial charge >= 0.3 is 6.18 Å². The molecule has 1 rings (SSSR count). The van der Waals surface area contributed by atoms with Crippen LogP contribution in [0.3, 0.4) is 0 Å². The van der Waals surface area contributed by atoms with Crippen molar-refractivity contribution in [1.29, 1.82) is 0 Å². The topological polar surface area (TPSA) is 58.6 Å². The first-order valence-corrected chi connectivity index (χ1v) is 4.90. The molecule has 1 aromatic rings. The highest BCUT2D eigenvalue weighted by Gasteiger charge is 2.53. The lowest BCUT2D eigenvalue weighted by molar-refractivity contribution is -0.187. The maximum atomic E-state index is 13.0. The molecule has 0 radical (unpaired) electrons. The largest absolute Gasteiger partial charge is 0.411 e. The van der Waals surface area contributed by atoms with Crippen LogP contribution in [-0.4, -0.2) is 17.1 Å². The third-order valence-corrected chi connectivity index (χ3v) is 2.50. The Morgan fingerprint density at radius 1 is 1.29 bits per heavy atom. The monoisotopic (exact) mass is 246 g/mol. The van der Waals surface area contributed by atoms with E-state index in [1.807, 2.05) is 0 Å². The van der Waals surface area contributed by atoms with Crippen LogP contribution in [0, 0.1) is 0 Å². The van der Waals surface area contributed by atoms with E-state index in [9.17, 15) is 13.2 Å². The van der Waals surface area contributed by atoms with Crippen LogP contribution < -0.4 is 5.73 Å². The number of rotatable bonds is 3. The van der Waals surface area contributed by atoms with Crippen LogP contribution in [0.1, 0.15) is 18.9 Å². The van der Waals surface area contributed by atoms with Gasteiger partial charge in [-0.05, 0) is 12.5 Å². The molecule has 0 spiro atoms. The van der Waals surface area contributed by atoms with Gasteiger partial charge in [-0.1, -0.05) is 35.5 Å². The van der Waals surface area contributed by atoms with Crippen molar-refractivity contribution in [1.82, 2.24) is 0 Å².